The third-order valence-corrected chi connectivity index (χ3v) is 2.85. The molecule has 18 heavy (non-hydrogen) atoms. The average molecular weight is 240 g/mol. The molecule has 2 heterocycles. The molecule has 1 N–H and O–H groups in total. The molecule has 90 valence electrons. The lowest BCUT2D eigenvalue weighted by atomic mass is 10.1. The van der Waals surface area contributed by atoms with Gasteiger partial charge in [-0.25, -0.2) is 9.67 Å². The molecule has 0 spiro atoms. The summed E-state index contributed by atoms with van der Waals surface area (Å²) in [7, 11) is 0. The van der Waals surface area contributed by atoms with Crippen LogP contribution in [-0.4, -0.2) is 19.7 Å². The third-order valence-electron chi connectivity index (χ3n) is 2.85. The lowest BCUT2D eigenvalue weighted by molar-refractivity contribution is 0.809. The van der Waals surface area contributed by atoms with Crippen LogP contribution in [0.4, 0.5) is 0 Å². The summed E-state index contributed by atoms with van der Waals surface area (Å²) in [6.07, 6.45) is 3.55. The van der Waals surface area contributed by atoms with E-state index in [1.807, 2.05) is 32.2 Å². The first-order valence-corrected chi connectivity index (χ1v) is 5.66. The first kappa shape index (κ1) is 10.7. The van der Waals surface area contributed by atoms with Crippen molar-refractivity contribution < 1.29 is 0 Å². The van der Waals surface area contributed by atoms with Crippen LogP contribution in [0.5, 0.6) is 0 Å². The Morgan fingerprint density at radius 3 is 2.83 bits per heavy atom. The quantitative estimate of drug-likeness (QED) is 0.704. The van der Waals surface area contributed by atoms with Crippen molar-refractivity contribution in [3.8, 4) is 5.95 Å². The number of nitrogens with one attached hydrogen (secondary N) is 1. The van der Waals surface area contributed by atoms with E-state index in [2.05, 4.69) is 15.1 Å². The minimum absolute atomic E-state index is 0.146. The summed E-state index contributed by atoms with van der Waals surface area (Å²) in [6, 6.07) is 5.56. The highest BCUT2D eigenvalue weighted by Gasteiger charge is 2.07. The van der Waals surface area contributed by atoms with Gasteiger partial charge < -0.3 is 0 Å². The predicted molar refractivity (Wildman–Crippen MR) is 69.0 cm³/mol. The molecule has 0 aliphatic heterocycles. The Bertz CT molecular complexity index is 785. The lowest BCUT2D eigenvalue weighted by Crippen LogP contribution is -2.14. The van der Waals surface area contributed by atoms with E-state index in [9.17, 15) is 4.79 Å². The van der Waals surface area contributed by atoms with E-state index in [-0.39, 0.29) is 5.56 Å². The fourth-order valence-electron chi connectivity index (χ4n) is 1.93. The number of H-pyrrole nitrogens is 1. The molecule has 0 bridgehead atoms. The van der Waals surface area contributed by atoms with Gasteiger partial charge in [0.05, 0.1) is 17.1 Å². The highest BCUT2D eigenvalue weighted by atomic mass is 16.1. The van der Waals surface area contributed by atoms with Gasteiger partial charge in [0, 0.05) is 6.20 Å². The SMILES string of the molecule is Cc1cnn(-c2nc3c(C)cccc3c(=O)[nH]2)c1. The van der Waals surface area contributed by atoms with Crippen LogP contribution in [0.3, 0.4) is 0 Å². The van der Waals surface area contributed by atoms with Crippen molar-refractivity contribution >= 4 is 10.9 Å². The van der Waals surface area contributed by atoms with Crippen molar-refractivity contribution in [1.82, 2.24) is 19.7 Å². The highest BCUT2D eigenvalue weighted by Crippen LogP contribution is 2.13. The van der Waals surface area contributed by atoms with Gasteiger partial charge in [-0.1, -0.05) is 12.1 Å². The third kappa shape index (κ3) is 1.60. The Hall–Kier alpha value is -2.43. The molecule has 0 radical (unpaired) electrons. The van der Waals surface area contributed by atoms with E-state index in [0.29, 0.717) is 16.9 Å². The summed E-state index contributed by atoms with van der Waals surface area (Å²) in [4.78, 5) is 19.2. The number of aromatic nitrogens is 4. The summed E-state index contributed by atoms with van der Waals surface area (Å²) < 4.78 is 1.57. The average Bonchev–Trinajstić information content (AvgIpc) is 2.77. The highest BCUT2D eigenvalue weighted by molar-refractivity contribution is 5.81. The van der Waals surface area contributed by atoms with E-state index in [0.717, 1.165) is 11.1 Å². The Labute approximate surface area is 103 Å². The molecule has 5 heteroatoms. The van der Waals surface area contributed by atoms with E-state index < -0.39 is 0 Å². The van der Waals surface area contributed by atoms with Crippen LogP contribution < -0.4 is 5.56 Å². The van der Waals surface area contributed by atoms with Gasteiger partial charge in [0.2, 0.25) is 5.95 Å². The van der Waals surface area contributed by atoms with Crippen molar-refractivity contribution in [2.45, 2.75) is 13.8 Å². The minimum atomic E-state index is -0.146. The standard InChI is InChI=1S/C13H12N4O/c1-8-6-14-17(7-8)13-15-11-9(2)4-3-5-10(11)12(18)16-13/h3-7H,1-2H3,(H,15,16,18). The number of benzene rings is 1. The molecule has 3 rings (SSSR count). The van der Waals surface area contributed by atoms with E-state index in [1.54, 1.807) is 16.9 Å². The maximum Gasteiger partial charge on any atom is 0.260 e. The number of para-hydroxylation sites is 1. The summed E-state index contributed by atoms with van der Waals surface area (Å²) in [5.74, 6) is 0.440. The van der Waals surface area contributed by atoms with Crippen molar-refractivity contribution in [2.24, 2.45) is 0 Å². The second-order valence-corrected chi connectivity index (χ2v) is 4.32. The van der Waals surface area contributed by atoms with Crippen LogP contribution in [-0.2, 0) is 0 Å². The second-order valence-electron chi connectivity index (χ2n) is 4.32. The number of hydrogen-bond donors (Lipinski definition) is 1. The molecule has 0 aliphatic rings. The summed E-state index contributed by atoms with van der Waals surface area (Å²) in [6.45, 7) is 3.88. The Balaban J connectivity index is 2.33. The number of aryl methyl sites for hydroxylation is 2. The van der Waals surface area contributed by atoms with E-state index >= 15 is 0 Å². The van der Waals surface area contributed by atoms with Gasteiger partial charge in [-0.3, -0.25) is 9.78 Å². The molecule has 5 nitrogen and oxygen atoms in total. The monoisotopic (exact) mass is 240 g/mol. The number of fused-ring (bicyclic) bond motifs is 1. The first-order valence-electron chi connectivity index (χ1n) is 5.66. The maximum atomic E-state index is 12.0. The molecule has 0 saturated carbocycles. The van der Waals surface area contributed by atoms with Gasteiger partial charge in [0.1, 0.15) is 0 Å². The molecule has 3 aromatic rings. The molecule has 0 aliphatic carbocycles. The van der Waals surface area contributed by atoms with E-state index in [4.69, 9.17) is 0 Å². The molecular weight excluding hydrogens is 228 g/mol. The zero-order valence-corrected chi connectivity index (χ0v) is 10.1. The molecule has 2 aromatic heterocycles. The van der Waals surface area contributed by atoms with Crippen molar-refractivity contribution in [3.63, 3.8) is 0 Å². The Morgan fingerprint density at radius 1 is 1.28 bits per heavy atom. The molecule has 0 fully saturated rings. The van der Waals surface area contributed by atoms with E-state index in [1.165, 1.54) is 0 Å². The van der Waals surface area contributed by atoms with Crippen molar-refractivity contribution in [3.05, 3.63) is 52.1 Å². The molecule has 0 unspecified atom stereocenters. The second kappa shape index (κ2) is 3.80. The van der Waals surface area contributed by atoms with Crippen LogP contribution in [0.1, 0.15) is 11.1 Å². The van der Waals surface area contributed by atoms with Crippen LogP contribution in [0.25, 0.3) is 16.9 Å². The zero-order chi connectivity index (χ0) is 12.7. The molecule has 0 atom stereocenters. The normalized spacial score (nSPS) is 11.0. The summed E-state index contributed by atoms with van der Waals surface area (Å²) in [5, 5.41) is 4.75. The largest absolute Gasteiger partial charge is 0.290 e. The molecule has 0 amide bonds. The van der Waals surface area contributed by atoms with Crippen LogP contribution >= 0.6 is 0 Å². The van der Waals surface area contributed by atoms with Gasteiger partial charge >= 0.3 is 0 Å². The fraction of sp³-hybridized carbons (Fsp3) is 0.154. The minimum Gasteiger partial charge on any atom is -0.290 e. The van der Waals surface area contributed by atoms with Gasteiger partial charge in [-0.05, 0) is 31.0 Å². The van der Waals surface area contributed by atoms with Gasteiger partial charge in [-0.15, -0.1) is 0 Å². The van der Waals surface area contributed by atoms with Gasteiger partial charge in [-0.2, -0.15) is 5.10 Å². The van der Waals surface area contributed by atoms with Crippen molar-refractivity contribution in [2.75, 3.05) is 0 Å². The smallest absolute Gasteiger partial charge is 0.260 e. The van der Waals surface area contributed by atoms with Crippen LogP contribution in [0.15, 0.2) is 35.4 Å². The summed E-state index contributed by atoms with van der Waals surface area (Å²) in [5.41, 5.74) is 2.56. The Morgan fingerprint density at radius 2 is 2.11 bits per heavy atom. The van der Waals surface area contributed by atoms with Gasteiger partial charge in [0.25, 0.3) is 5.56 Å². The first-order chi connectivity index (χ1) is 8.65. The zero-order valence-electron chi connectivity index (χ0n) is 10.1. The van der Waals surface area contributed by atoms with Crippen LogP contribution in [0.2, 0.25) is 0 Å². The van der Waals surface area contributed by atoms with Crippen LogP contribution in [0, 0.1) is 13.8 Å². The number of nitrogens with zero attached hydrogens (tertiary/aromatic N) is 3. The number of rotatable bonds is 1. The fourth-order valence-corrected chi connectivity index (χ4v) is 1.93. The number of aromatic amines is 1. The topological polar surface area (TPSA) is 63.6 Å². The molecule has 1 aromatic carbocycles. The molecule has 0 saturated heterocycles. The number of hydrogen-bond acceptors (Lipinski definition) is 3. The van der Waals surface area contributed by atoms with Crippen molar-refractivity contribution in [1.29, 1.82) is 0 Å². The predicted octanol–water partition coefficient (Wildman–Crippen LogP) is 1.73. The summed E-state index contributed by atoms with van der Waals surface area (Å²) >= 11 is 0. The molecular formula is C13H12N4O. The Kier molecular flexibility index (Phi) is 2.26. The maximum absolute atomic E-state index is 12.0. The lowest BCUT2D eigenvalue weighted by Gasteiger charge is -2.04. The van der Waals surface area contributed by atoms with Gasteiger partial charge in [0.15, 0.2) is 0 Å².